The SMILES string of the molecule is CC(C)[C@H](C(=O)c1ccc(Br)cc1)[C@H]1c2cc(Br)ccc2OC(=O)[C@@H]1C(=O)c1ccccc1. The first-order chi connectivity index (χ1) is 15.8. The molecule has 0 spiro atoms. The Labute approximate surface area is 209 Å². The van der Waals surface area contributed by atoms with E-state index in [4.69, 9.17) is 4.74 Å². The van der Waals surface area contributed by atoms with Gasteiger partial charge in [0.2, 0.25) is 0 Å². The molecule has 0 aliphatic carbocycles. The van der Waals surface area contributed by atoms with Crippen LogP contribution in [0.25, 0.3) is 0 Å². The zero-order valence-corrected chi connectivity index (χ0v) is 21.3. The lowest BCUT2D eigenvalue weighted by molar-refractivity contribution is -0.139. The molecule has 0 bridgehead atoms. The maximum absolute atomic E-state index is 13.8. The van der Waals surface area contributed by atoms with E-state index in [1.54, 1.807) is 48.5 Å². The third-order valence-corrected chi connectivity index (χ3v) is 7.05. The zero-order valence-electron chi connectivity index (χ0n) is 18.1. The number of Topliss-reactive ketones (excluding diaryl/α,β-unsaturated/α-hetero) is 2. The lowest BCUT2D eigenvalue weighted by Crippen LogP contribution is -2.43. The second-order valence-corrected chi connectivity index (χ2v) is 10.3. The van der Waals surface area contributed by atoms with Crippen molar-refractivity contribution in [2.45, 2.75) is 19.8 Å². The molecule has 4 nitrogen and oxygen atoms in total. The number of esters is 1. The molecule has 0 aromatic heterocycles. The maximum Gasteiger partial charge on any atom is 0.322 e. The lowest BCUT2D eigenvalue weighted by Gasteiger charge is -2.37. The lowest BCUT2D eigenvalue weighted by atomic mass is 9.66. The average molecular weight is 570 g/mol. The van der Waals surface area contributed by atoms with Crippen molar-refractivity contribution >= 4 is 49.4 Å². The highest BCUT2D eigenvalue weighted by molar-refractivity contribution is 9.10. The first-order valence-electron chi connectivity index (χ1n) is 10.7. The van der Waals surface area contributed by atoms with Crippen LogP contribution < -0.4 is 4.74 Å². The largest absolute Gasteiger partial charge is 0.426 e. The number of hydrogen-bond donors (Lipinski definition) is 0. The first-order valence-corrected chi connectivity index (χ1v) is 12.3. The first kappa shape index (κ1) is 23.6. The van der Waals surface area contributed by atoms with Crippen molar-refractivity contribution in [1.29, 1.82) is 0 Å². The van der Waals surface area contributed by atoms with Crippen LogP contribution in [-0.4, -0.2) is 17.5 Å². The van der Waals surface area contributed by atoms with E-state index >= 15 is 0 Å². The van der Waals surface area contributed by atoms with Crippen molar-refractivity contribution < 1.29 is 19.1 Å². The second kappa shape index (κ2) is 9.74. The minimum atomic E-state index is -1.12. The van der Waals surface area contributed by atoms with Gasteiger partial charge in [0, 0.05) is 37.5 Å². The molecule has 4 rings (SSSR count). The van der Waals surface area contributed by atoms with Crippen molar-refractivity contribution in [1.82, 2.24) is 0 Å². The number of ether oxygens (including phenoxy) is 1. The molecule has 0 amide bonds. The Bertz CT molecular complexity index is 1200. The number of benzene rings is 3. The number of carbonyl (C=O) groups is 3. The summed E-state index contributed by atoms with van der Waals surface area (Å²) in [5.74, 6) is -3.21. The van der Waals surface area contributed by atoms with Gasteiger partial charge in [0.25, 0.3) is 0 Å². The van der Waals surface area contributed by atoms with Gasteiger partial charge in [-0.25, -0.2) is 0 Å². The molecule has 3 aromatic carbocycles. The molecule has 1 aliphatic rings. The van der Waals surface area contributed by atoms with E-state index in [2.05, 4.69) is 31.9 Å². The molecule has 0 saturated carbocycles. The minimum Gasteiger partial charge on any atom is -0.426 e. The van der Waals surface area contributed by atoms with Crippen LogP contribution in [0.4, 0.5) is 0 Å². The Morgan fingerprint density at radius 1 is 0.848 bits per heavy atom. The Balaban J connectivity index is 1.89. The molecule has 3 aromatic rings. The van der Waals surface area contributed by atoms with Gasteiger partial charge >= 0.3 is 5.97 Å². The van der Waals surface area contributed by atoms with Gasteiger partial charge in [-0.2, -0.15) is 0 Å². The topological polar surface area (TPSA) is 60.4 Å². The van der Waals surface area contributed by atoms with Crippen molar-refractivity contribution in [3.05, 3.63) is 98.4 Å². The fraction of sp³-hybridized carbons (Fsp3) is 0.222. The highest BCUT2D eigenvalue weighted by Crippen LogP contribution is 2.47. The zero-order chi connectivity index (χ0) is 23.7. The third-order valence-electron chi connectivity index (χ3n) is 6.03. The van der Waals surface area contributed by atoms with Crippen LogP contribution in [0.1, 0.15) is 46.0 Å². The molecule has 0 unspecified atom stereocenters. The van der Waals surface area contributed by atoms with Gasteiger partial charge in [-0.1, -0.05) is 88.2 Å². The summed E-state index contributed by atoms with van der Waals surface area (Å²) in [5.41, 5.74) is 1.64. The van der Waals surface area contributed by atoms with Crippen LogP contribution in [0.2, 0.25) is 0 Å². The number of hydrogen-bond acceptors (Lipinski definition) is 4. The highest BCUT2D eigenvalue weighted by Gasteiger charge is 2.49. The van der Waals surface area contributed by atoms with Gasteiger partial charge in [0.05, 0.1) is 0 Å². The molecule has 33 heavy (non-hydrogen) atoms. The Hall–Kier alpha value is -2.57. The van der Waals surface area contributed by atoms with Gasteiger partial charge in [0.1, 0.15) is 11.7 Å². The molecular weight excluding hydrogens is 548 g/mol. The Morgan fingerprint density at radius 2 is 1.48 bits per heavy atom. The van der Waals surface area contributed by atoms with Gasteiger partial charge < -0.3 is 4.74 Å². The van der Waals surface area contributed by atoms with Crippen molar-refractivity contribution in [2.24, 2.45) is 17.8 Å². The molecule has 0 fully saturated rings. The number of halogens is 2. The van der Waals surface area contributed by atoms with Gasteiger partial charge in [-0.3, -0.25) is 14.4 Å². The van der Waals surface area contributed by atoms with Crippen LogP contribution in [0, 0.1) is 17.8 Å². The fourth-order valence-electron chi connectivity index (χ4n) is 4.51. The summed E-state index contributed by atoms with van der Waals surface area (Å²) < 4.78 is 7.26. The normalized spacial score (nSPS) is 18.4. The standard InChI is InChI=1S/C27H22Br2O4/c1-15(2)22(25(30)17-8-10-18(28)11-9-17)23-20-14-19(29)12-13-21(20)33-27(32)24(23)26(31)16-6-4-3-5-7-16/h3-15,22-24H,1-2H3/t22-,23+,24-/m0/s1. The van der Waals surface area contributed by atoms with E-state index in [0.29, 0.717) is 22.4 Å². The van der Waals surface area contributed by atoms with Crippen LogP contribution in [0.3, 0.4) is 0 Å². The van der Waals surface area contributed by atoms with Crippen LogP contribution in [0.15, 0.2) is 81.7 Å². The molecular formula is C27H22Br2O4. The second-order valence-electron chi connectivity index (χ2n) is 8.48. The van der Waals surface area contributed by atoms with Crippen molar-refractivity contribution in [3.8, 4) is 5.75 Å². The van der Waals surface area contributed by atoms with Gasteiger partial charge in [0.15, 0.2) is 11.6 Å². The molecule has 168 valence electrons. The summed E-state index contributed by atoms with van der Waals surface area (Å²) >= 11 is 6.90. The summed E-state index contributed by atoms with van der Waals surface area (Å²) in [4.78, 5) is 40.7. The summed E-state index contributed by atoms with van der Waals surface area (Å²) in [6.45, 7) is 3.89. The van der Waals surface area contributed by atoms with E-state index in [1.165, 1.54) is 0 Å². The molecule has 0 N–H and O–H groups in total. The predicted octanol–water partition coefficient (Wildman–Crippen LogP) is 6.87. The van der Waals surface area contributed by atoms with Crippen molar-refractivity contribution in [3.63, 3.8) is 0 Å². The molecule has 3 atom stereocenters. The predicted molar refractivity (Wildman–Crippen MR) is 134 cm³/mol. The van der Waals surface area contributed by atoms with Crippen molar-refractivity contribution in [2.75, 3.05) is 0 Å². The average Bonchev–Trinajstić information content (AvgIpc) is 2.80. The molecule has 1 aliphatic heterocycles. The summed E-state index contributed by atoms with van der Waals surface area (Å²) in [6.07, 6.45) is 0. The quantitative estimate of drug-likeness (QED) is 0.141. The molecule has 1 heterocycles. The van der Waals surface area contributed by atoms with E-state index in [1.807, 2.05) is 38.1 Å². The smallest absolute Gasteiger partial charge is 0.322 e. The van der Waals surface area contributed by atoms with Crippen LogP contribution in [-0.2, 0) is 4.79 Å². The van der Waals surface area contributed by atoms with Crippen LogP contribution in [0.5, 0.6) is 5.75 Å². The number of carbonyl (C=O) groups excluding carboxylic acids is 3. The number of fused-ring (bicyclic) bond motifs is 1. The summed E-state index contributed by atoms with van der Waals surface area (Å²) in [7, 11) is 0. The van der Waals surface area contributed by atoms with E-state index in [9.17, 15) is 14.4 Å². The number of rotatable bonds is 6. The highest BCUT2D eigenvalue weighted by atomic mass is 79.9. The molecule has 0 saturated heterocycles. The summed E-state index contributed by atoms with van der Waals surface area (Å²) in [6, 6.07) is 21.2. The van der Waals surface area contributed by atoms with Gasteiger partial charge in [-0.05, 0) is 36.2 Å². The minimum absolute atomic E-state index is 0.103. The van der Waals surface area contributed by atoms with E-state index in [-0.39, 0.29) is 17.5 Å². The maximum atomic E-state index is 13.8. The third kappa shape index (κ3) is 4.73. The van der Waals surface area contributed by atoms with Crippen LogP contribution >= 0.6 is 31.9 Å². The Morgan fingerprint density at radius 3 is 2.12 bits per heavy atom. The molecule has 6 heteroatoms. The van der Waals surface area contributed by atoms with Gasteiger partial charge in [-0.15, -0.1) is 0 Å². The Kier molecular flexibility index (Phi) is 6.96. The fourth-order valence-corrected chi connectivity index (χ4v) is 5.15. The monoisotopic (exact) mass is 568 g/mol. The van der Waals surface area contributed by atoms with E-state index in [0.717, 1.165) is 8.95 Å². The molecule has 0 radical (unpaired) electrons. The number of ketones is 2. The van der Waals surface area contributed by atoms with E-state index < -0.39 is 23.7 Å². The summed E-state index contributed by atoms with van der Waals surface area (Å²) in [5, 5.41) is 0.